The monoisotopic (exact) mass is 309 g/mol. The van der Waals surface area contributed by atoms with Gasteiger partial charge in [0.2, 0.25) is 0 Å². The van der Waals surface area contributed by atoms with Crippen LogP contribution in [0.4, 0.5) is 0 Å². The number of hydrogen-bond acceptors (Lipinski definition) is 4. The molecule has 1 amide bonds. The third kappa shape index (κ3) is 3.38. The Morgan fingerprint density at radius 3 is 2.76 bits per heavy atom. The summed E-state index contributed by atoms with van der Waals surface area (Å²) < 4.78 is 10.7. The fourth-order valence-electron chi connectivity index (χ4n) is 1.89. The van der Waals surface area contributed by atoms with E-state index >= 15 is 0 Å². The van der Waals surface area contributed by atoms with Gasteiger partial charge in [0.15, 0.2) is 11.5 Å². The van der Waals surface area contributed by atoms with Crippen LogP contribution in [0.5, 0.6) is 11.5 Å². The molecule has 21 heavy (non-hydrogen) atoms. The molecule has 7 heteroatoms. The summed E-state index contributed by atoms with van der Waals surface area (Å²) in [5.74, 6) is 1.30. The number of aliphatic carboxylic acids is 1. The lowest BCUT2D eigenvalue weighted by Crippen LogP contribution is -2.36. The van der Waals surface area contributed by atoms with E-state index in [0.29, 0.717) is 24.7 Å². The number of carbonyl (C=O) groups is 2. The molecule has 0 unspecified atom stereocenters. The van der Waals surface area contributed by atoms with Gasteiger partial charge in [0, 0.05) is 5.56 Å². The number of carboxylic acid groups (broad SMARTS) is 1. The second kappa shape index (κ2) is 6.37. The van der Waals surface area contributed by atoms with E-state index in [4.69, 9.17) is 32.6 Å². The van der Waals surface area contributed by atoms with E-state index in [1.807, 2.05) is 0 Å². The number of carboxylic acids is 1. The SMILES string of the molecule is C#CCN(CC(=O)O)C(=O)c1cc(Cl)c2c(c1)OCCO2. The zero-order valence-corrected chi connectivity index (χ0v) is 11.7. The van der Waals surface area contributed by atoms with Gasteiger partial charge in [0.1, 0.15) is 19.8 Å². The molecule has 2 rings (SSSR count). The molecule has 1 aromatic rings. The second-order valence-corrected chi connectivity index (χ2v) is 4.65. The summed E-state index contributed by atoms with van der Waals surface area (Å²) in [6, 6.07) is 2.87. The first-order valence-electron chi connectivity index (χ1n) is 6.06. The lowest BCUT2D eigenvalue weighted by molar-refractivity contribution is -0.137. The number of rotatable bonds is 4. The van der Waals surface area contributed by atoms with Crippen LogP contribution in [-0.4, -0.2) is 48.2 Å². The zero-order chi connectivity index (χ0) is 15.4. The van der Waals surface area contributed by atoms with E-state index in [9.17, 15) is 9.59 Å². The normalized spacial score (nSPS) is 12.4. The Kier molecular flexibility index (Phi) is 4.55. The van der Waals surface area contributed by atoms with Crippen molar-refractivity contribution in [2.45, 2.75) is 0 Å². The molecule has 0 saturated heterocycles. The minimum Gasteiger partial charge on any atom is -0.486 e. The van der Waals surface area contributed by atoms with Gasteiger partial charge in [-0.05, 0) is 12.1 Å². The summed E-state index contributed by atoms with van der Waals surface area (Å²) in [6.07, 6.45) is 5.15. The Bertz CT molecular complexity index is 623. The number of hydrogen-bond donors (Lipinski definition) is 1. The van der Waals surface area contributed by atoms with Crippen LogP contribution in [0.15, 0.2) is 12.1 Å². The number of nitrogens with zero attached hydrogens (tertiary/aromatic N) is 1. The van der Waals surface area contributed by atoms with Crippen LogP contribution in [0.2, 0.25) is 5.02 Å². The summed E-state index contributed by atoms with van der Waals surface area (Å²) in [4.78, 5) is 24.1. The molecule has 110 valence electrons. The summed E-state index contributed by atoms with van der Waals surface area (Å²) in [7, 11) is 0. The first-order chi connectivity index (χ1) is 10.0. The molecule has 1 N–H and O–H groups in total. The highest BCUT2D eigenvalue weighted by atomic mass is 35.5. The molecular weight excluding hydrogens is 298 g/mol. The van der Waals surface area contributed by atoms with Crippen molar-refractivity contribution in [3.63, 3.8) is 0 Å². The molecule has 1 aliphatic heterocycles. The van der Waals surface area contributed by atoms with Gasteiger partial charge in [-0.3, -0.25) is 9.59 Å². The molecule has 1 heterocycles. The predicted molar refractivity (Wildman–Crippen MR) is 74.8 cm³/mol. The lowest BCUT2D eigenvalue weighted by Gasteiger charge is -2.22. The minimum absolute atomic E-state index is 0.114. The average molecular weight is 310 g/mol. The van der Waals surface area contributed by atoms with Crippen molar-refractivity contribution in [1.29, 1.82) is 0 Å². The number of terminal acetylenes is 1. The number of fused-ring (bicyclic) bond motifs is 1. The first-order valence-corrected chi connectivity index (χ1v) is 6.44. The summed E-state index contributed by atoms with van der Waals surface area (Å²) >= 11 is 6.05. The number of halogens is 1. The van der Waals surface area contributed by atoms with Crippen LogP contribution >= 0.6 is 11.6 Å². The fourth-order valence-corrected chi connectivity index (χ4v) is 2.16. The molecule has 0 aromatic heterocycles. The van der Waals surface area contributed by atoms with E-state index in [-0.39, 0.29) is 17.1 Å². The highest BCUT2D eigenvalue weighted by Gasteiger charge is 2.23. The molecule has 6 nitrogen and oxygen atoms in total. The van der Waals surface area contributed by atoms with Crippen molar-refractivity contribution < 1.29 is 24.2 Å². The zero-order valence-electron chi connectivity index (χ0n) is 11.0. The highest BCUT2D eigenvalue weighted by Crippen LogP contribution is 2.38. The summed E-state index contributed by atoms with van der Waals surface area (Å²) in [5, 5.41) is 9.05. The van der Waals surface area contributed by atoms with Crippen LogP contribution in [0.3, 0.4) is 0 Å². The van der Waals surface area contributed by atoms with Crippen molar-refractivity contribution in [2.75, 3.05) is 26.3 Å². The predicted octanol–water partition coefficient (Wildman–Crippen LogP) is 1.27. The smallest absolute Gasteiger partial charge is 0.323 e. The third-order valence-electron chi connectivity index (χ3n) is 2.74. The van der Waals surface area contributed by atoms with Crippen molar-refractivity contribution in [3.05, 3.63) is 22.7 Å². The quantitative estimate of drug-likeness (QED) is 0.848. The topological polar surface area (TPSA) is 76.1 Å². The first kappa shape index (κ1) is 15.0. The van der Waals surface area contributed by atoms with Crippen LogP contribution in [-0.2, 0) is 4.79 Å². The Hall–Kier alpha value is -2.39. The van der Waals surface area contributed by atoms with Crippen LogP contribution < -0.4 is 9.47 Å². The largest absolute Gasteiger partial charge is 0.486 e. The molecular formula is C14H12ClNO5. The van der Waals surface area contributed by atoms with Gasteiger partial charge in [-0.2, -0.15) is 0 Å². The highest BCUT2D eigenvalue weighted by molar-refractivity contribution is 6.32. The van der Waals surface area contributed by atoms with Gasteiger partial charge < -0.3 is 19.5 Å². The molecule has 0 atom stereocenters. The molecule has 0 aliphatic carbocycles. The second-order valence-electron chi connectivity index (χ2n) is 4.24. The molecule has 1 aromatic carbocycles. The van der Waals surface area contributed by atoms with Crippen LogP contribution in [0.25, 0.3) is 0 Å². The Balaban J connectivity index is 2.31. The van der Waals surface area contributed by atoms with E-state index < -0.39 is 18.4 Å². The maximum Gasteiger partial charge on any atom is 0.323 e. The Morgan fingerprint density at radius 2 is 2.10 bits per heavy atom. The number of amides is 1. The van der Waals surface area contributed by atoms with E-state index in [1.165, 1.54) is 12.1 Å². The van der Waals surface area contributed by atoms with Crippen molar-refractivity contribution in [3.8, 4) is 23.8 Å². The Labute approximate surface area is 126 Å². The molecule has 0 fully saturated rings. The van der Waals surface area contributed by atoms with Gasteiger partial charge in [0.25, 0.3) is 5.91 Å². The minimum atomic E-state index is -1.15. The van der Waals surface area contributed by atoms with Crippen molar-refractivity contribution >= 4 is 23.5 Å². The molecule has 1 aliphatic rings. The van der Waals surface area contributed by atoms with E-state index in [1.54, 1.807) is 0 Å². The van der Waals surface area contributed by atoms with Crippen molar-refractivity contribution in [2.24, 2.45) is 0 Å². The van der Waals surface area contributed by atoms with Gasteiger partial charge in [0.05, 0.1) is 11.6 Å². The summed E-state index contributed by atoms with van der Waals surface area (Å²) in [6.45, 7) is 0.124. The number of carbonyl (C=O) groups excluding carboxylic acids is 1. The third-order valence-corrected chi connectivity index (χ3v) is 3.02. The van der Waals surface area contributed by atoms with Gasteiger partial charge >= 0.3 is 5.97 Å². The molecule has 0 spiro atoms. The van der Waals surface area contributed by atoms with E-state index in [0.717, 1.165) is 4.90 Å². The average Bonchev–Trinajstić information content (AvgIpc) is 2.45. The lowest BCUT2D eigenvalue weighted by atomic mass is 10.1. The number of ether oxygens (including phenoxy) is 2. The van der Waals surface area contributed by atoms with E-state index in [2.05, 4.69) is 5.92 Å². The Morgan fingerprint density at radius 1 is 1.38 bits per heavy atom. The van der Waals surface area contributed by atoms with Gasteiger partial charge in [-0.25, -0.2) is 0 Å². The van der Waals surface area contributed by atoms with Gasteiger partial charge in [-0.1, -0.05) is 17.5 Å². The van der Waals surface area contributed by atoms with Gasteiger partial charge in [-0.15, -0.1) is 6.42 Å². The van der Waals surface area contributed by atoms with Crippen LogP contribution in [0, 0.1) is 12.3 Å². The maximum absolute atomic E-state index is 12.3. The standard InChI is InChI=1S/C14H12ClNO5/c1-2-3-16(8-12(17)18)14(19)9-6-10(15)13-11(7-9)20-4-5-21-13/h1,6-7H,3-5,8H2,(H,17,18). The molecule has 0 bridgehead atoms. The van der Waals surface area contributed by atoms with Crippen molar-refractivity contribution in [1.82, 2.24) is 4.90 Å². The molecule has 0 radical (unpaired) electrons. The molecule has 0 saturated carbocycles. The summed E-state index contributed by atoms with van der Waals surface area (Å²) in [5.41, 5.74) is 0.195. The maximum atomic E-state index is 12.3. The fraction of sp³-hybridized carbons (Fsp3) is 0.286. The number of benzene rings is 1. The van der Waals surface area contributed by atoms with Crippen LogP contribution in [0.1, 0.15) is 10.4 Å².